The van der Waals surface area contributed by atoms with E-state index in [1.807, 2.05) is 18.0 Å². The van der Waals surface area contributed by atoms with Gasteiger partial charge in [-0.15, -0.1) is 0 Å². The smallest absolute Gasteiger partial charge is 0.257 e. The Labute approximate surface area is 140 Å². The minimum Gasteiger partial charge on any atom is -0.342 e. The summed E-state index contributed by atoms with van der Waals surface area (Å²) in [5, 5.41) is 4.10. The zero-order valence-electron chi connectivity index (χ0n) is 14.0. The molecule has 1 aliphatic rings. The number of aromatic amines is 1. The van der Waals surface area contributed by atoms with Crippen molar-refractivity contribution in [2.45, 2.75) is 25.7 Å². The number of carbonyl (C=O) groups is 1. The average molecular weight is 323 g/mol. The van der Waals surface area contributed by atoms with Gasteiger partial charge in [0.25, 0.3) is 5.91 Å². The van der Waals surface area contributed by atoms with Gasteiger partial charge in [-0.05, 0) is 31.4 Å². The van der Waals surface area contributed by atoms with E-state index < -0.39 is 0 Å². The molecule has 0 spiro atoms. The number of piperidine rings is 1. The summed E-state index contributed by atoms with van der Waals surface area (Å²) < 4.78 is 1.66. The van der Waals surface area contributed by atoms with E-state index in [4.69, 9.17) is 4.98 Å². The van der Waals surface area contributed by atoms with Gasteiger partial charge in [-0.2, -0.15) is 5.10 Å². The van der Waals surface area contributed by atoms with Crippen LogP contribution in [0.3, 0.4) is 0 Å². The maximum atomic E-state index is 12.7. The Morgan fingerprint density at radius 1 is 1.38 bits per heavy atom. The van der Waals surface area contributed by atoms with Crippen molar-refractivity contribution in [2.75, 3.05) is 13.1 Å². The van der Waals surface area contributed by atoms with Gasteiger partial charge in [0.2, 0.25) is 0 Å². The average Bonchev–Trinajstić information content (AvgIpc) is 3.21. The normalized spacial score (nSPS) is 18.2. The minimum absolute atomic E-state index is 0.0556. The van der Waals surface area contributed by atoms with E-state index in [-0.39, 0.29) is 11.8 Å². The largest absolute Gasteiger partial charge is 0.342 e. The van der Waals surface area contributed by atoms with Crippen LogP contribution in [0.1, 0.15) is 40.5 Å². The lowest BCUT2D eigenvalue weighted by molar-refractivity contribution is 0.0705. The molecule has 1 amide bonds. The number of imidazole rings is 1. The number of carbonyl (C=O) groups excluding carboxylic acids is 1. The fourth-order valence-corrected chi connectivity index (χ4v) is 3.49. The fourth-order valence-electron chi connectivity index (χ4n) is 3.49. The third kappa shape index (κ3) is 2.58. The highest BCUT2D eigenvalue weighted by Crippen LogP contribution is 2.28. The molecule has 1 aromatic carbocycles. The van der Waals surface area contributed by atoms with E-state index in [9.17, 15) is 4.79 Å². The van der Waals surface area contributed by atoms with Crippen LogP contribution < -0.4 is 0 Å². The molecular weight excluding hydrogens is 302 g/mol. The Morgan fingerprint density at radius 2 is 2.25 bits per heavy atom. The van der Waals surface area contributed by atoms with Crippen molar-refractivity contribution in [1.82, 2.24) is 24.6 Å². The number of nitrogens with one attached hydrogen (secondary N) is 1. The maximum Gasteiger partial charge on any atom is 0.257 e. The number of amides is 1. The number of rotatable bonds is 2. The lowest BCUT2D eigenvalue weighted by Gasteiger charge is -2.31. The van der Waals surface area contributed by atoms with E-state index in [0.717, 1.165) is 36.2 Å². The predicted octanol–water partition coefficient (Wildman–Crippen LogP) is 2.62. The molecule has 1 saturated heterocycles. The third-order valence-corrected chi connectivity index (χ3v) is 4.78. The van der Waals surface area contributed by atoms with Crippen LogP contribution in [0, 0.1) is 6.92 Å². The first kappa shape index (κ1) is 14.9. The topological polar surface area (TPSA) is 66.8 Å². The molecule has 1 aliphatic heterocycles. The zero-order valence-corrected chi connectivity index (χ0v) is 14.0. The highest BCUT2D eigenvalue weighted by Gasteiger charge is 2.28. The Kier molecular flexibility index (Phi) is 3.59. The Bertz CT molecular complexity index is 894. The van der Waals surface area contributed by atoms with Gasteiger partial charge in [0.15, 0.2) is 0 Å². The number of H-pyrrole nitrogens is 1. The fraction of sp³-hybridized carbons (Fsp3) is 0.389. The molecule has 0 aliphatic carbocycles. The first-order valence-corrected chi connectivity index (χ1v) is 8.35. The van der Waals surface area contributed by atoms with Crippen molar-refractivity contribution in [3.8, 4) is 0 Å². The van der Waals surface area contributed by atoms with Crippen molar-refractivity contribution in [3.63, 3.8) is 0 Å². The summed E-state index contributed by atoms with van der Waals surface area (Å²) in [6.45, 7) is 3.57. The summed E-state index contributed by atoms with van der Waals surface area (Å²) in [4.78, 5) is 22.8. The van der Waals surface area contributed by atoms with Crippen molar-refractivity contribution in [3.05, 3.63) is 47.5 Å². The second-order valence-corrected chi connectivity index (χ2v) is 6.59. The summed E-state index contributed by atoms with van der Waals surface area (Å²) in [6.07, 6.45) is 5.45. The van der Waals surface area contributed by atoms with E-state index in [2.05, 4.69) is 29.1 Å². The monoisotopic (exact) mass is 323 g/mol. The molecule has 3 heterocycles. The summed E-state index contributed by atoms with van der Waals surface area (Å²) in [6, 6.07) is 6.17. The Morgan fingerprint density at radius 3 is 3.00 bits per heavy atom. The standard InChI is InChI=1S/C18H21N5O/c1-12-5-3-7-15-16(12)21-17(20-15)13-6-4-8-23(11-13)18(24)14-9-19-22(2)10-14/h3,5,7,9-10,13H,4,6,8,11H2,1-2H3,(H,20,21). The van der Waals surface area contributed by atoms with Crippen molar-refractivity contribution < 1.29 is 4.79 Å². The molecule has 6 heteroatoms. The first-order chi connectivity index (χ1) is 11.6. The number of fused-ring (bicyclic) bond motifs is 1. The SMILES string of the molecule is Cc1cccc2[nH]c(C3CCCN(C(=O)c4cnn(C)c4)C3)nc12. The van der Waals surface area contributed by atoms with E-state index >= 15 is 0 Å². The van der Waals surface area contributed by atoms with Gasteiger partial charge in [-0.1, -0.05) is 12.1 Å². The van der Waals surface area contributed by atoms with Crippen LogP contribution >= 0.6 is 0 Å². The number of likely N-dealkylation sites (tertiary alicyclic amines) is 1. The summed E-state index contributed by atoms with van der Waals surface area (Å²) in [5.74, 6) is 1.30. The second-order valence-electron chi connectivity index (χ2n) is 6.59. The van der Waals surface area contributed by atoms with Crippen molar-refractivity contribution in [1.29, 1.82) is 0 Å². The Balaban J connectivity index is 1.57. The molecule has 4 rings (SSSR count). The lowest BCUT2D eigenvalue weighted by atomic mass is 9.97. The lowest BCUT2D eigenvalue weighted by Crippen LogP contribution is -2.39. The van der Waals surface area contributed by atoms with Gasteiger partial charge >= 0.3 is 0 Å². The van der Waals surface area contributed by atoms with Crippen LogP contribution in [0.25, 0.3) is 11.0 Å². The molecule has 3 aromatic rings. The van der Waals surface area contributed by atoms with Gasteiger partial charge in [0.1, 0.15) is 5.82 Å². The summed E-state index contributed by atoms with van der Waals surface area (Å²) in [5.41, 5.74) is 3.93. The van der Waals surface area contributed by atoms with Crippen LogP contribution in [0.2, 0.25) is 0 Å². The summed E-state index contributed by atoms with van der Waals surface area (Å²) in [7, 11) is 1.83. The zero-order chi connectivity index (χ0) is 16.7. The molecule has 1 N–H and O–H groups in total. The second kappa shape index (κ2) is 5.78. The molecule has 24 heavy (non-hydrogen) atoms. The highest BCUT2D eigenvalue weighted by atomic mass is 16.2. The summed E-state index contributed by atoms with van der Waals surface area (Å²) >= 11 is 0. The van der Waals surface area contributed by atoms with Crippen LogP contribution in [0.4, 0.5) is 0 Å². The molecule has 0 saturated carbocycles. The quantitative estimate of drug-likeness (QED) is 0.788. The number of hydrogen-bond donors (Lipinski definition) is 1. The number of aryl methyl sites for hydroxylation is 2. The van der Waals surface area contributed by atoms with Gasteiger partial charge in [-0.25, -0.2) is 4.98 Å². The Hall–Kier alpha value is -2.63. The van der Waals surface area contributed by atoms with Crippen molar-refractivity contribution >= 4 is 16.9 Å². The van der Waals surface area contributed by atoms with Crippen LogP contribution in [-0.4, -0.2) is 43.6 Å². The molecule has 124 valence electrons. The van der Waals surface area contributed by atoms with Gasteiger partial charge in [0.05, 0.1) is 22.8 Å². The predicted molar refractivity (Wildman–Crippen MR) is 91.9 cm³/mol. The van der Waals surface area contributed by atoms with Crippen molar-refractivity contribution in [2.24, 2.45) is 7.05 Å². The number of nitrogens with zero attached hydrogens (tertiary/aromatic N) is 4. The van der Waals surface area contributed by atoms with Gasteiger partial charge in [-0.3, -0.25) is 9.48 Å². The molecule has 1 unspecified atom stereocenters. The molecule has 0 radical (unpaired) electrons. The van der Waals surface area contributed by atoms with E-state index in [1.165, 1.54) is 5.56 Å². The maximum absolute atomic E-state index is 12.7. The molecular formula is C18H21N5O. The molecule has 6 nitrogen and oxygen atoms in total. The highest BCUT2D eigenvalue weighted by molar-refractivity contribution is 5.93. The van der Waals surface area contributed by atoms with E-state index in [0.29, 0.717) is 12.1 Å². The van der Waals surface area contributed by atoms with E-state index in [1.54, 1.807) is 17.1 Å². The van der Waals surface area contributed by atoms with Gasteiger partial charge in [0, 0.05) is 32.3 Å². The molecule has 1 fully saturated rings. The third-order valence-electron chi connectivity index (χ3n) is 4.78. The minimum atomic E-state index is 0.0556. The number of hydrogen-bond acceptors (Lipinski definition) is 3. The van der Waals surface area contributed by atoms with Crippen LogP contribution in [0.15, 0.2) is 30.6 Å². The number of para-hydroxylation sites is 1. The molecule has 1 atom stereocenters. The molecule has 2 aromatic heterocycles. The number of benzene rings is 1. The first-order valence-electron chi connectivity index (χ1n) is 8.35. The molecule has 0 bridgehead atoms. The van der Waals surface area contributed by atoms with Crippen LogP contribution in [-0.2, 0) is 7.05 Å². The number of aromatic nitrogens is 4. The van der Waals surface area contributed by atoms with Gasteiger partial charge < -0.3 is 9.88 Å². The van der Waals surface area contributed by atoms with Crippen LogP contribution in [0.5, 0.6) is 0 Å².